The van der Waals surface area contributed by atoms with Crippen molar-refractivity contribution < 1.29 is 38.9 Å². The van der Waals surface area contributed by atoms with Crippen LogP contribution in [0.3, 0.4) is 0 Å². The van der Waals surface area contributed by atoms with E-state index in [1.54, 1.807) is 0 Å². The van der Waals surface area contributed by atoms with Crippen LogP contribution in [0.15, 0.2) is 28.0 Å². The highest BCUT2D eigenvalue weighted by molar-refractivity contribution is 8.46. The Morgan fingerprint density at radius 1 is 0.579 bits per heavy atom. The second-order valence-corrected chi connectivity index (χ2v) is 8.49. The van der Waals surface area contributed by atoms with Crippen molar-refractivity contribution in [3.8, 4) is 0 Å². The normalized spacial score (nSPS) is 20.9. The van der Waals surface area contributed by atoms with E-state index in [9.17, 15) is 38.9 Å². The van der Waals surface area contributed by atoms with Gasteiger partial charge in [0.2, 0.25) is 0 Å². The van der Waals surface area contributed by atoms with E-state index in [0.717, 1.165) is 0 Å². The van der Waals surface area contributed by atoms with Crippen LogP contribution in [0.5, 0.6) is 0 Å². The molecule has 0 fully saturated rings. The minimum Gasteiger partial charge on any atom is -0.399 e. The Morgan fingerprint density at radius 3 is 1.05 bits per heavy atom. The monoisotopic (exact) mass is 345 g/mol. The zero-order valence-electron chi connectivity index (χ0n) is 8.41. The fraction of sp³-hybridized carbons (Fsp3) is 0. The van der Waals surface area contributed by atoms with Crippen LogP contribution >= 0.6 is 20.4 Å². The van der Waals surface area contributed by atoms with Crippen LogP contribution in [0.4, 0.5) is 44.5 Å². The topological polar surface area (TPSA) is 26.0 Å². The lowest BCUT2D eigenvalue weighted by molar-refractivity contribution is 0.360. The second-order valence-electron chi connectivity index (χ2n) is 3.68. The summed E-state index contributed by atoms with van der Waals surface area (Å²) in [7, 11) is -21.1. The van der Waals surface area contributed by atoms with Crippen molar-refractivity contribution in [3.63, 3.8) is 0 Å². The summed E-state index contributed by atoms with van der Waals surface area (Å²) in [5.41, 5.74) is 3.05. The smallest absolute Gasteiger partial charge is 0.310 e. The van der Waals surface area contributed by atoms with Crippen molar-refractivity contribution in [2.75, 3.05) is 5.73 Å². The number of nitrogens with two attached hydrogens (primary N) is 1. The molecule has 0 bridgehead atoms. The lowest BCUT2D eigenvalue weighted by atomic mass is 10.3. The van der Waals surface area contributed by atoms with E-state index in [0.29, 0.717) is 0 Å². The van der Waals surface area contributed by atoms with E-state index >= 15 is 0 Å². The maximum absolute atomic E-state index is 12.3. The lowest BCUT2D eigenvalue weighted by Crippen LogP contribution is -2.11. The highest BCUT2D eigenvalue weighted by atomic mass is 32.5. The van der Waals surface area contributed by atoms with Gasteiger partial charge in [0, 0.05) is 5.69 Å². The van der Waals surface area contributed by atoms with E-state index in [-0.39, 0.29) is 0 Å². The molecule has 0 aliphatic carbocycles. The Kier molecular flexibility index (Phi) is 2.20. The molecule has 0 saturated carbocycles. The van der Waals surface area contributed by atoms with Crippen molar-refractivity contribution in [1.82, 2.24) is 0 Å². The maximum atomic E-state index is 12.3. The number of anilines is 1. The molecule has 1 aromatic carbocycles. The minimum atomic E-state index is -10.5. The molecule has 116 valence electrons. The molecular weight excluding hydrogens is 340 g/mol. The molecule has 0 aliphatic rings. The predicted octanol–water partition coefficient (Wildman–Crippen LogP) is 6.58. The third kappa shape index (κ3) is 3.99. The zero-order chi connectivity index (χ0) is 15.7. The Hall–Kier alpha value is -0.980. The highest BCUT2D eigenvalue weighted by Gasteiger charge is 2.69. The SMILES string of the molecule is Nc1cc(S(F)(F)(F)(F)F)cc(S(F)(F)(F)(F)F)c1. The summed E-state index contributed by atoms with van der Waals surface area (Å²) < 4.78 is 123. The summed E-state index contributed by atoms with van der Waals surface area (Å²) in [4.78, 5) is -6.24. The van der Waals surface area contributed by atoms with Crippen LogP contribution in [-0.2, 0) is 0 Å². The van der Waals surface area contributed by atoms with Crippen LogP contribution in [0.1, 0.15) is 0 Å². The number of hydrogen-bond donors (Lipinski definition) is 1. The van der Waals surface area contributed by atoms with Crippen molar-refractivity contribution in [1.29, 1.82) is 0 Å². The fourth-order valence-corrected chi connectivity index (χ4v) is 2.53. The number of benzene rings is 1. The molecule has 2 N–H and O–H groups in total. The van der Waals surface area contributed by atoms with Crippen molar-refractivity contribution in [2.45, 2.75) is 9.79 Å². The summed E-state index contributed by atoms with van der Waals surface area (Å²) >= 11 is 0. The van der Waals surface area contributed by atoms with Crippen LogP contribution in [0, 0.1) is 0 Å². The molecule has 0 heterocycles. The average molecular weight is 345 g/mol. The third-order valence-electron chi connectivity index (χ3n) is 1.79. The van der Waals surface area contributed by atoms with E-state index in [4.69, 9.17) is 0 Å². The molecule has 0 amide bonds. The van der Waals surface area contributed by atoms with Gasteiger partial charge in [-0.05, 0) is 18.2 Å². The number of hydrogen-bond acceptors (Lipinski definition) is 1. The Labute approximate surface area is 99.4 Å². The summed E-state index contributed by atoms with van der Waals surface area (Å²) in [5.74, 6) is 0. The third-order valence-corrected chi connectivity index (χ3v) is 4.05. The van der Waals surface area contributed by atoms with E-state index in [1.165, 1.54) is 0 Å². The number of rotatable bonds is 2. The van der Waals surface area contributed by atoms with Gasteiger partial charge in [0.25, 0.3) is 0 Å². The molecular formula is C6H5F10NS2. The molecule has 0 saturated heterocycles. The van der Waals surface area contributed by atoms with E-state index < -0.39 is 54.1 Å². The highest BCUT2D eigenvalue weighted by Crippen LogP contribution is 3.05. The lowest BCUT2D eigenvalue weighted by Gasteiger charge is -2.44. The van der Waals surface area contributed by atoms with Crippen molar-refractivity contribution in [3.05, 3.63) is 18.2 Å². The summed E-state index contributed by atoms with van der Waals surface area (Å²) in [6, 6.07) is -2.40. The molecule has 0 atom stereocenters. The van der Waals surface area contributed by atoms with Crippen LogP contribution in [0.25, 0.3) is 0 Å². The Morgan fingerprint density at radius 2 is 0.842 bits per heavy atom. The summed E-state index contributed by atoms with van der Waals surface area (Å²) in [6.07, 6.45) is 0. The van der Waals surface area contributed by atoms with Gasteiger partial charge in [0.1, 0.15) is 9.79 Å². The molecule has 1 nitrogen and oxygen atoms in total. The van der Waals surface area contributed by atoms with Crippen LogP contribution in [-0.4, -0.2) is 0 Å². The van der Waals surface area contributed by atoms with Gasteiger partial charge in [-0.1, -0.05) is 38.9 Å². The predicted molar refractivity (Wildman–Crippen MR) is 53.6 cm³/mol. The Balaban J connectivity index is 3.79. The molecule has 0 radical (unpaired) electrons. The molecule has 1 aromatic rings. The van der Waals surface area contributed by atoms with Crippen molar-refractivity contribution >= 4 is 26.1 Å². The van der Waals surface area contributed by atoms with Gasteiger partial charge in [-0.3, -0.25) is 0 Å². The first-order valence-electron chi connectivity index (χ1n) is 3.97. The minimum absolute atomic E-state index is 0.533. The maximum Gasteiger partial charge on any atom is 0.310 e. The molecule has 0 aromatic heterocycles. The van der Waals surface area contributed by atoms with Gasteiger partial charge in [-0.2, -0.15) is 0 Å². The standard InChI is InChI=1S/C6H5F10NS2/c7-18(8,9,10,11)5-1-4(17)2-6(3-5)19(12,13,14,15)16/h1-3H,17H2. The molecule has 13 heteroatoms. The molecule has 1 rings (SSSR count). The van der Waals surface area contributed by atoms with Gasteiger partial charge in [0.05, 0.1) is 0 Å². The number of halogens is 10. The van der Waals surface area contributed by atoms with Crippen LogP contribution < -0.4 is 5.73 Å². The first-order valence-corrected chi connectivity index (χ1v) is 7.87. The van der Waals surface area contributed by atoms with Gasteiger partial charge < -0.3 is 5.73 Å². The van der Waals surface area contributed by atoms with Crippen LogP contribution in [0.2, 0.25) is 0 Å². The fourth-order valence-electron chi connectivity index (χ4n) is 1.04. The first kappa shape index (κ1) is 16.1. The average Bonchev–Trinajstić information content (AvgIpc) is 1.93. The van der Waals surface area contributed by atoms with Gasteiger partial charge >= 0.3 is 20.4 Å². The van der Waals surface area contributed by atoms with E-state index in [1.807, 2.05) is 0 Å². The van der Waals surface area contributed by atoms with Gasteiger partial charge in [-0.15, -0.1) is 0 Å². The molecule has 0 unspecified atom stereocenters. The quantitative estimate of drug-likeness (QED) is 0.475. The second kappa shape index (κ2) is 2.60. The van der Waals surface area contributed by atoms with Gasteiger partial charge in [-0.25, -0.2) is 0 Å². The zero-order valence-corrected chi connectivity index (χ0v) is 10.0. The summed E-state index contributed by atoms with van der Waals surface area (Å²) in [5, 5.41) is 0. The van der Waals surface area contributed by atoms with E-state index in [2.05, 4.69) is 5.73 Å². The summed E-state index contributed by atoms with van der Waals surface area (Å²) in [6.45, 7) is 0. The number of nitrogen functional groups attached to an aromatic ring is 1. The first-order chi connectivity index (χ1) is 7.58. The van der Waals surface area contributed by atoms with Crippen molar-refractivity contribution in [2.24, 2.45) is 0 Å². The molecule has 0 spiro atoms. The largest absolute Gasteiger partial charge is 0.399 e. The molecule has 0 aliphatic heterocycles. The molecule has 19 heavy (non-hydrogen) atoms. The Bertz CT molecular complexity index is 505. The van der Waals surface area contributed by atoms with Gasteiger partial charge in [0.15, 0.2) is 0 Å².